The molecule has 2 N–H and O–H groups in total. The maximum Gasteiger partial charge on any atom is 0.319 e. The molecule has 3 rings (SSSR count). The van der Waals surface area contributed by atoms with Crippen LogP contribution in [-0.2, 0) is 0 Å². The summed E-state index contributed by atoms with van der Waals surface area (Å²) in [4.78, 5) is 12.3. The zero-order chi connectivity index (χ0) is 16.9. The first-order valence-electron chi connectivity index (χ1n) is 7.87. The van der Waals surface area contributed by atoms with Crippen molar-refractivity contribution in [3.63, 3.8) is 0 Å². The highest BCUT2D eigenvalue weighted by Gasteiger charge is 2.13. The molecule has 0 unspecified atom stereocenters. The molecule has 0 saturated carbocycles. The fourth-order valence-corrected chi connectivity index (χ4v) is 2.81. The molecule has 4 nitrogen and oxygen atoms in total. The SMILES string of the molecule is COc1ccccc1NC(=O)N[C@H](C)c1cccc2ccccc12. The van der Waals surface area contributed by atoms with Crippen LogP contribution in [0.3, 0.4) is 0 Å². The smallest absolute Gasteiger partial charge is 0.319 e. The minimum absolute atomic E-state index is 0.120. The predicted octanol–water partition coefficient (Wildman–Crippen LogP) is 4.73. The maximum absolute atomic E-state index is 12.3. The molecule has 0 aliphatic carbocycles. The van der Waals surface area contributed by atoms with Crippen molar-refractivity contribution in [2.24, 2.45) is 0 Å². The highest BCUT2D eigenvalue weighted by molar-refractivity contribution is 5.92. The highest BCUT2D eigenvalue weighted by Crippen LogP contribution is 2.25. The summed E-state index contributed by atoms with van der Waals surface area (Å²) in [6, 6.07) is 21.2. The summed E-state index contributed by atoms with van der Waals surface area (Å²) < 4.78 is 5.25. The Kier molecular flexibility index (Phi) is 4.66. The second-order valence-electron chi connectivity index (χ2n) is 5.59. The van der Waals surface area contributed by atoms with Crippen LogP contribution in [0.25, 0.3) is 10.8 Å². The average molecular weight is 320 g/mol. The quantitative estimate of drug-likeness (QED) is 0.730. The van der Waals surface area contributed by atoms with Gasteiger partial charge in [-0.3, -0.25) is 0 Å². The van der Waals surface area contributed by atoms with Gasteiger partial charge in [0.1, 0.15) is 5.75 Å². The Morgan fingerprint density at radius 1 is 0.958 bits per heavy atom. The molecule has 2 amide bonds. The molecular weight excluding hydrogens is 300 g/mol. The Balaban J connectivity index is 1.76. The van der Waals surface area contributed by atoms with Gasteiger partial charge in [-0.05, 0) is 35.4 Å². The van der Waals surface area contributed by atoms with E-state index in [1.54, 1.807) is 13.2 Å². The third-order valence-corrected chi connectivity index (χ3v) is 3.99. The van der Waals surface area contributed by atoms with E-state index in [0.717, 1.165) is 16.3 Å². The molecule has 0 aliphatic rings. The summed E-state index contributed by atoms with van der Waals surface area (Å²) in [5, 5.41) is 8.12. The van der Waals surface area contributed by atoms with Crippen LogP contribution in [0.1, 0.15) is 18.5 Å². The molecular formula is C20H20N2O2. The van der Waals surface area contributed by atoms with Gasteiger partial charge in [0, 0.05) is 0 Å². The zero-order valence-electron chi connectivity index (χ0n) is 13.7. The maximum atomic E-state index is 12.3. The van der Waals surface area contributed by atoms with Gasteiger partial charge in [-0.1, -0.05) is 54.6 Å². The van der Waals surface area contributed by atoms with E-state index >= 15 is 0 Å². The summed E-state index contributed by atoms with van der Waals surface area (Å²) in [5.41, 5.74) is 1.73. The number of benzene rings is 3. The fraction of sp³-hybridized carbons (Fsp3) is 0.150. The number of urea groups is 1. The van der Waals surface area contributed by atoms with Crippen LogP contribution in [0, 0.1) is 0 Å². The van der Waals surface area contributed by atoms with Gasteiger partial charge in [0.15, 0.2) is 0 Å². The van der Waals surface area contributed by atoms with Gasteiger partial charge in [-0.25, -0.2) is 4.79 Å². The monoisotopic (exact) mass is 320 g/mol. The molecule has 4 heteroatoms. The number of fused-ring (bicyclic) bond motifs is 1. The van der Waals surface area contributed by atoms with E-state index in [0.29, 0.717) is 11.4 Å². The number of carbonyl (C=O) groups is 1. The highest BCUT2D eigenvalue weighted by atomic mass is 16.5. The molecule has 0 spiro atoms. The molecule has 3 aromatic rings. The summed E-state index contributed by atoms with van der Waals surface area (Å²) >= 11 is 0. The number of carbonyl (C=O) groups excluding carboxylic acids is 1. The Labute approximate surface area is 141 Å². The first kappa shape index (κ1) is 15.9. The van der Waals surface area contributed by atoms with Crippen LogP contribution >= 0.6 is 0 Å². The number of anilines is 1. The largest absolute Gasteiger partial charge is 0.495 e. The number of hydrogen-bond donors (Lipinski definition) is 2. The molecule has 0 aromatic heterocycles. The van der Waals surface area contributed by atoms with Crippen LogP contribution in [0.2, 0.25) is 0 Å². The number of methoxy groups -OCH3 is 1. The van der Waals surface area contributed by atoms with Crippen molar-refractivity contribution < 1.29 is 9.53 Å². The minimum Gasteiger partial charge on any atom is -0.495 e. The van der Waals surface area contributed by atoms with Gasteiger partial charge < -0.3 is 15.4 Å². The molecule has 0 fully saturated rings. The van der Waals surface area contributed by atoms with Crippen molar-refractivity contribution in [1.29, 1.82) is 0 Å². The molecule has 0 saturated heterocycles. The van der Waals surface area contributed by atoms with Crippen molar-refractivity contribution >= 4 is 22.5 Å². The number of amides is 2. The Bertz CT molecular complexity index is 856. The van der Waals surface area contributed by atoms with Crippen molar-refractivity contribution in [1.82, 2.24) is 5.32 Å². The number of nitrogens with one attached hydrogen (secondary N) is 2. The van der Waals surface area contributed by atoms with Gasteiger partial charge in [0.2, 0.25) is 0 Å². The molecule has 0 bridgehead atoms. The van der Waals surface area contributed by atoms with Gasteiger partial charge >= 0.3 is 6.03 Å². The van der Waals surface area contributed by atoms with Crippen LogP contribution in [-0.4, -0.2) is 13.1 Å². The second-order valence-corrected chi connectivity index (χ2v) is 5.59. The van der Waals surface area contributed by atoms with Crippen molar-refractivity contribution in [3.8, 4) is 5.75 Å². The summed E-state index contributed by atoms with van der Waals surface area (Å²) in [7, 11) is 1.58. The van der Waals surface area contributed by atoms with Crippen molar-refractivity contribution in [2.45, 2.75) is 13.0 Å². The van der Waals surface area contributed by atoms with E-state index in [2.05, 4.69) is 28.8 Å². The third kappa shape index (κ3) is 3.33. The van der Waals surface area contributed by atoms with Crippen LogP contribution in [0.4, 0.5) is 10.5 Å². The number of ether oxygens (including phenoxy) is 1. The van der Waals surface area contributed by atoms with E-state index in [4.69, 9.17) is 4.74 Å². The first-order chi connectivity index (χ1) is 11.7. The van der Waals surface area contributed by atoms with Crippen molar-refractivity contribution in [2.75, 3.05) is 12.4 Å². The lowest BCUT2D eigenvalue weighted by Gasteiger charge is -2.18. The van der Waals surface area contributed by atoms with Gasteiger partial charge in [0.05, 0.1) is 18.8 Å². The Hall–Kier alpha value is -3.01. The second kappa shape index (κ2) is 7.04. The molecule has 122 valence electrons. The van der Waals surface area contributed by atoms with Gasteiger partial charge in [0.25, 0.3) is 0 Å². The number of para-hydroxylation sites is 2. The molecule has 1 atom stereocenters. The topological polar surface area (TPSA) is 50.4 Å². The molecule has 0 aliphatic heterocycles. The van der Waals surface area contributed by atoms with E-state index in [-0.39, 0.29) is 12.1 Å². The molecule has 3 aromatic carbocycles. The summed E-state index contributed by atoms with van der Waals surface area (Å²) in [6.07, 6.45) is 0. The predicted molar refractivity (Wildman–Crippen MR) is 97.5 cm³/mol. The standard InChI is InChI=1S/C20H20N2O2/c1-14(16-11-7-9-15-8-3-4-10-17(15)16)21-20(23)22-18-12-5-6-13-19(18)24-2/h3-14H,1-2H3,(H2,21,22,23)/t14-/m1/s1. The van der Waals surface area contributed by atoms with Crippen LogP contribution < -0.4 is 15.4 Å². The number of rotatable bonds is 4. The normalized spacial score (nSPS) is 11.8. The van der Waals surface area contributed by atoms with Crippen LogP contribution in [0.15, 0.2) is 66.7 Å². The molecule has 0 heterocycles. The van der Waals surface area contributed by atoms with E-state index in [1.807, 2.05) is 49.4 Å². The first-order valence-corrected chi connectivity index (χ1v) is 7.87. The minimum atomic E-state index is -0.264. The lowest BCUT2D eigenvalue weighted by Crippen LogP contribution is -2.31. The van der Waals surface area contributed by atoms with E-state index < -0.39 is 0 Å². The average Bonchev–Trinajstić information content (AvgIpc) is 2.61. The number of hydrogen-bond acceptors (Lipinski definition) is 2. The Morgan fingerprint density at radius 2 is 1.67 bits per heavy atom. The molecule has 24 heavy (non-hydrogen) atoms. The summed E-state index contributed by atoms with van der Waals surface area (Å²) in [5.74, 6) is 0.630. The van der Waals surface area contributed by atoms with E-state index in [9.17, 15) is 4.79 Å². The lowest BCUT2D eigenvalue weighted by atomic mass is 10.00. The Morgan fingerprint density at radius 3 is 2.50 bits per heavy atom. The fourth-order valence-electron chi connectivity index (χ4n) is 2.81. The summed E-state index contributed by atoms with van der Waals surface area (Å²) in [6.45, 7) is 1.98. The lowest BCUT2D eigenvalue weighted by molar-refractivity contribution is 0.249. The molecule has 0 radical (unpaired) electrons. The van der Waals surface area contributed by atoms with Gasteiger partial charge in [-0.2, -0.15) is 0 Å². The van der Waals surface area contributed by atoms with Gasteiger partial charge in [-0.15, -0.1) is 0 Å². The van der Waals surface area contributed by atoms with Crippen LogP contribution in [0.5, 0.6) is 5.75 Å². The zero-order valence-corrected chi connectivity index (χ0v) is 13.7. The van der Waals surface area contributed by atoms with E-state index in [1.165, 1.54) is 0 Å². The third-order valence-electron chi connectivity index (χ3n) is 3.99. The van der Waals surface area contributed by atoms with Crippen molar-refractivity contribution in [3.05, 3.63) is 72.3 Å².